The van der Waals surface area contributed by atoms with Crippen LogP contribution >= 0.6 is 11.3 Å². The Balaban J connectivity index is 1.18. The van der Waals surface area contributed by atoms with E-state index in [1.807, 2.05) is 47.7 Å². The van der Waals surface area contributed by atoms with Crippen molar-refractivity contribution in [1.82, 2.24) is 24.1 Å². The van der Waals surface area contributed by atoms with E-state index in [-0.39, 0.29) is 0 Å². The monoisotopic (exact) mass is 817 g/mol. The normalized spacial score (nSPS) is 11.9. The van der Waals surface area contributed by atoms with E-state index in [0.717, 1.165) is 22.4 Å². The number of hydrogen-bond acceptors (Lipinski definition) is 4. The van der Waals surface area contributed by atoms with Crippen LogP contribution in [-0.2, 0) is 0 Å². The van der Waals surface area contributed by atoms with Crippen LogP contribution in [0.3, 0.4) is 0 Å². The minimum Gasteiger partial charge on any atom is -0.308 e. The number of aromatic nitrogens is 5. The molecule has 0 aliphatic carbocycles. The van der Waals surface area contributed by atoms with Gasteiger partial charge in [-0.3, -0.25) is 0 Å². The maximum atomic E-state index is 5.10. The number of rotatable bonds is 5. The molecule has 12 aromatic rings. The number of benzene rings is 8. The fraction of sp³-hybridized carbons (Fsp3) is 0. The average molecular weight is 817 g/mol. The molecule has 0 amide bonds. The largest absolute Gasteiger partial charge is 0.308 e. The predicted molar refractivity (Wildman–Crippen MR) is 287 cm³/mol. The lowest BCUT2D eigenvalue weighted by Crippen LogP contribution is -2.27. The van der Waals surface area contributed by atoms with Crippen molar-refractivity contribution in [2.24, 2.45) is 0 Å². The van der Waals surface area contributed by atoms with Gasteiger partial charge in [0.1, 0.15) is 47.1 Å². The second-order valence-corrected chi connectivity index (χ2v) is 18.2. The third kappa shape index (κ3) is 5.74. The van der Waals surface area contributed by atoms with Gasteiger partial charge in [0.05, 0.1) is 21.4 Å². The van der Waals surface area contributed by atoms with Crippen LogP contribution in [0.1, 0.15) is 0 Å². The summed E-state index contributed by atoms with van der Waals surface area (Å²) >= 11 is 1.86. The standard InChI is InChI=1S/C51H37B6N5S/c52-29-22-34-40-42(56)43(57)41-35-23-30(53)25-37(55)45(35)62(47(41)46(40)61(44(34)36(54)24-29)31-15-8-3-9-16-31)38-18-10-17-32-33-21-28(19-20-39(33)63-48(32)38)51-59-49(26-11-4-1-5-12-26)58-50(60-51)27-13-6-2-7-14-27/h1-25H,52-57H2. The van der Waals surface area contributed by atoms with E-state index in [1.54, 1.807) is 0 Å². The van der Waals surface area contributed by atoms with Crippen LogP contribution in [0.2, 0.25) is 0 Å². The SMILES string of the molecule is Bc1cc(B)c2c(c1)c1c(B)c(B)c3c4cc(B)cc(B)c4n(-c4cccc5c4sc4ccc(-c6nc(-c7ccccc7)nc(-c7ccccc7)n6)cc45)c3c1n2-c1ccccc1. The number of fused-ring (bicyclic) bond motifs is 10. The van der Waals surface area contributed by atoms with Gasteiger partial charge in [0.2, 0.25) is 0 Å². The average Bonchev–Trinajstić information content (AvgIpc) is 3.97. The fourth-order valence-electron chi connectivity index (χ4n) is 10.3. The molecule has 0 aliphatic rings. The Morgan fingerprint density at radius 1 is 0.397 bits per heavy atom. The molecule has 0 bridgehead atoms. The zero-order chi connectivity index (χ0) is 42.7. The van der Waals surface area contributed by atoms with Crippen LogP contribution in [0, 0.1) is 0 Å². The number of para-hydroxylation sites is 1. The second kappa shape index (κ2) is 14.3. The van der Waals surface area contributed by atoms with E-state index in [9.17, 15) is 0 Å². The number of nitrogens with zero attached hydrogens (tertiary/aromatic N) is 5. The smallest absolute Gasteiger partial charge is 0.164 e. The molecule has 12 heteroatoms. The van der Waals surface area contributed by atoms with Crippen molar-refractivity contribution in [2.75, 3.05) is 0 Å². The maximum Gasteiger partial charge on any atom is 0.164 e. The summed E-state index contributed by atoms with van der Waals surface area (Å²) in [5, 5.41) is 7.63. The quantitative estimate of drug-likeness (QED) is 0.252. The Morgan fingerprint density at radius 2 is 0.905 bits per heavy atom. The molecule has 12 rings (SSSR count). The minimum atomic E-state index is 0.654. The van der Waals surface area contributed by atoms with Gasteiger partial charge in [0.15, 0.2) is 17.5 Å². The molecule has 63 heavy (non-hydrogen) atoms. The first-order valence-corrected chi connectivity index (χ1v) is 22.4. The zero-order valence-electron chi connectivity index (χ0n) is 36.1. The van der Waals surface area contributed by atoms with Crippen molar-refractivity contribution < 1.29 is 0 Å². The van der Waals surface area contributed by atoms with E-state index in [1.165, 1.54) is 102 Å². The molecule has 0 spiro atoms. The highest BCUT2D eigenvalue weighted by Crippen LogP contribution is 2.44. The van der Waals surface area contributed by atoms with Gasteiger partial charge < -0.3 is 9.13 Å². The Kier molecular flexibility index (Phi) is 8.54. The van der Waals surface area contributed by atoms with Gasteiger partial charge in [-0.2, -0.15) is 0 Å². The van der Waals surface area contributed by atoms with Crippen LogP contribution in [0.4, 0.5) is 0 Å². The van der Waals surface area contributed by atoms with E-state index < -0.39 is 0 Å². The van der Waals surface area contributed by atoms with Crippen molar-refractivity contribution in [3.05, 3.63) is 152 Å². The van der Waals surface area contributed by atoms with Gasteiger partial charge in [-0.15, -0.1) is 11.3 Å². The van der Waals surface area contributed by atoms with Gasteiger partial charge in [-0.1, -0.05) is 148 Å². The molecular weight excluding hydrogens is 780 g/mol. The molecule has 8 aromatic carbocycles. The highest BCUT2D eigenvalue weighted by Gasteiger charge is 2.27. The van der Waals surface area contributed by atoms with Crippen LogP contribution < -0.4 is 32.8 Å². The Bertz CT molecular complexity index is 3810. The van der Waals surface area contributed by atoms with Crippen molar-refractivity contribution in [3.63, 3.8) is 0 Å². The van der Waals surface area contributed by atoms with Crippen LogP contribution in [0.25, 0.3) is 109 Å². The molecular formula is C51H37B6N5S. The van der Waals surface area contributed by atoms with E-state index in [2.05, 4.69) is 171 Å². The molecule has 0 unspecified atom stereocenters. The first-order valence-electron chi connectivity index (χ1n) is 21.6. The van der Waals surface area contributed by atoms with Crippen LogP contribution in [-0.4, -0.2) is 71.2 Å². The number of hydrogen-bond donors (Lipinski definition) is 0. The lowest BCUT2D eigenvalue weighted by atomic mass is 9.74. The molecule has 4 heterocycles. The molecule has 290 valence electrons. The van der Waals surface area contributed by atoms with Gasteiger partial charge in [-0.25, -0.2) is 15.0 Å². The zero-order valence-corrected chi connectivity index (χ0v) is 36.9. The molecule has 0 atom stereocenters. The van der Waals surface area contributed by atoms with E-state index in [4.69, 9.17) is 15.0 Å². The molecule has 5 nitrogen and oxygen atoms in total. The number of thiophene rings is 1. The minimum absolute atomic E-state index is 0.654. The first kappa shape index (κ1) is 37.7. The van der Waals surface area contributed by atoms with Crippen molar-refractivity contribution in [1.29, 1.82) is 0 Å². The summed E-state index contributed by atoms with van der Waals surface area (Å²) in [6.45, 7) is 0. The van der Waals surface area contributed by atoms with Crippen molar-refractivity contribution in [2.45, 2.75) is 0 Å². The predicted octanol–water partition coefficient (Wildman–Crippen LogP) is 2.99. The summed E-state index contributed by atoms with van der Waals surface area (Å²) in [6, 6.07) is 54.3. The van der Waals surface area contributed by atoms with Crippen LogP contribution in [0.5, 0.6) is 0 Å². The first-order chi connectivity index (χ1) is 30.7. The molecule has 0 saturated carbocycles. The van der Waals surface area contributed by atoms with Crippen molar-refractivity contribution in [3.8, 4) is 45.5 Å². The molecule has 0 N–H and O–H groups in total. The second-order valence-electron chi connectivity index (χ2n) is 17.2. The lowest BCUT2D eigenvalue weighted by molar-refractivity contribution is 1.07. The third-order valence-electron chi connectivity index (χ3n) is 13.0. The van der Waals surface area contributed by atoms with Gasteiger partial charge >= 0.3 is 0 Å². The molecule has 0 fully saturated rings. The molecule has 0 radical (unpaired) electrons. The molecule has 0 aliphatic heterocycles. The molecule has 0 saturated heterocycles. The summed E-state index contributed by atoms with van der Waals surface area (Å²) in [5.41, 5.74) is 18.0. The van der Waals surface area contributed by atoms with Crippen molar-refractivity contribution >= 4 is 155 Å². The maximum absolute atomic E-state index is 5.10. The Hall–Kier alpha value is -7.02. The summed E-state index contributed by atoms with van der Waals surface area (Å²) < 4.78 is 7.62. The van der Waals surface area contributed by atoms with Crippen LogP contribution in [0.15, 0.2) is 152 Å². The van der Waals surface area contributed by atoms with E-state index >= 15 is 0 Å². The van der Waals surface area contributed by atoms with Gasteiger partial charge in [-0.05, 0) is 36.4 Å². The highest BCUT2D eigenvalue weighted by molar-refractivity contribution is 7.26. The van der Waals surface area contributed by atoms with Gasteiger partial charge in [0, 0.05) is 70.4 Å². The van der Waals surface area contributed by atoms with E-state index in [0.29, 0.717) is 17.5 Å². The fourth-order valence-corrected chi connectivity index (χ4v) is 11.5. The Labute approximate surface area is 374 Å². The summed E-state index contributed by atoms with van der Waals surface area (Å²) in [6.07, 6.45) is 0. The lowest BCUT2D eigenvalue weighted by Gasteiger charge is -2.16. The topological polar surface area (TPSA) is 48.5 Å². The van der Waals surface area contributed by atoms with Gasteiger partial charge in [0.25, 0.3) is 0 Å². The Morgan fingerprint density at radius 3 is 1.48 bits per heavy atom. The third-order valence-corrected chi connectivity index (χ3v) is 14.2. The summed E-state index contributed by atoms with van der Waals surface area (Å²) in [4.78, 5) is 15.2. The highest BCUT2D eigenvalue weighted by atomic mass is 32.1. The summed E-state index contributed by atoms with van der Waals surface area (Å²) in [5.74, 6) is 1.97. The molecule has 4 aromatic heterocycles. The summed E-state index contributed by atoms with van der Waals surface area (Å²) in [7, 11) is 13.7.